The van der Waals surface area contributed by atoms with Crippen molar-refractivity contribution in [1.29, 1.82) is 0 Å². The van der Waals surface area contributed by atoms with Crippen molar-refractivity contribution in [3.8, 4) is 11.3 Å². The van der Waals surface area contributed by atoms with E-state index in [-0.39, 0.29) is 12.5 Å². The number of alkyl halides is 3. The molecule has 44 heavy (non-hydrogen) atoms. The van der Waals surface area contributed by atoms with Crippen LogP contribution >= 0.6 is 15.9 Å². The van der Waals surface area contributed by atoms with E-state index in [1.54, 1.807) is 19.2 Å². The van der Waals surface area contributed by atoms with Crippen LogP contribution in [0.2, 0.25) is 0 Å². The molecule has 7 nitrogen and oxygen atoms in total. The Balaban J connectivity index is 1.72. The van der Waals surface area contributed by atoms with Gasteiger partial charge in [-0.1, -0.05) is 29.8 Å². The van der Waals surface area contributed by atoms with E-state index in [9.17, 15) is 18.0 Å². The summed E-state index contributed by atoms with van der Waals surface area (Å²) in [5, 5.41) is 0.712. The molecule has 0 bridgehead atoms. The number of esters is 1. The highest BCUT2D eigenvalue weighted by Gasteiger charge is 2.36. The van der Waals surface area contributed by atoms with Crippen LogP contribution in [-0.4, -0.2) is 72.7 Å². The van der Waals surface area contributed by atoms with Crippen LogP contribution in [0.4, 0.5) is 13.2 Å². The van der Waals surface area contributed by atoms with Crippen LogP contribution in [0.3, 0.4) is 0 Å². The minimum atomic E-state index is -4.47. The average Bonchev–Trinajstić information content (AvgIpc) is 3.24. The molecule has 5 rings (SSSR count). The quantitative estimate of drug-likeness (QED) is 0.219. The molecule has 0 radical (unpaired) electrons. The zero-order valence-corrected chi connectivity index (χ0v) is 27.6. The lowest BCUT2D eigenvalue weighted by atomic mass is 9.82. The molecule has 240 valence electrons. The van der Waals surface area contributed by atoms with Gasteiger partial charge in [-0.3, -0.25) is 14.7 Å². The van der Waals surface area contributed by atoms with Crippen molar-refractivity contribution in [3.05, 3.63) is 51.8 Å². The smallest absolute Gasteiger partial charge is 0.406 e. The molecule has 0 saturated carbocycles. The highest BCUT2D eigenvalue weighted by atomic mass is 79.9. The molecule has 0 unspecified atom stereocenters. The fourth-order valence-corrected chi connectivity index (χ4v) is 7.03. The maximum atomic E-state index is 14.3. The Labute approximate surface area is 265 Å². The standard InChI is InChI=1S/C33H41BrF3N3O4/c1-20(42-5)30-27(13-23(16-38-30)22-8-9-39-10-11-43-17-25(39)12-22)31-28(15-32(3,4)19-44-21(2)41)26-14-24(34)6-7-29(26)40(31)18-33(35,36)37/h6-7,13-14,16,20,22,25H,8-12,15,17-19H2,1-5H3/t20-,22-,25-/m0/s1. The number of morpholine rings is 1. The highest BCUT2D eigenvalue weighted by molar-refractivity contribution is 9.10. The van der Waals surface area contributed by atoms with E-state index < -0.39 is 30.2 Å². The number of fused-ring (bicyclic) bond motifs is 2. The molecule has 0 spiro atoms. The summed E-state index contributed by atoms with van der Waals surface area (Å²) in [7, 11) is 1.58. The molecule has 2 saturated heterocycles. The van der Waals surface area contributed by atoms with Crippen molar-refractivity contribution < 1.29 is 32.2 Å². The molecule has 3 aromatic rings. The number of methoxy groups -OCH3 is 1. The van der Waals surface area contributed by atoms with Gasteiger partial charge in [0.25, 0.3) is 0 Å². The molecule has 2 aromatic heterocycles. The Morgan fingerprint density at radius 3 is 2.70 bits per heavy atom. The van der Waals surface area contributed by atoms with Crippen molar-refractivity contribution in [3.63, 3.8) is 0 Å². The molecule has 4 heterocycles. The lowest BCUT2D eigenvalue weighted by Gasteiger charge is -2.42. The lowest BCUT2D eigenvalue weighted by Crippen LogP contribution is -2.49. The second-order valence-electron chi connectivity index (χ2n) is 12.9. The summed E-state index contributed by atoms with van der Waals surface area (Å²) in [5.41, 5.74) is 3.36. The van der Waals surface area contributed by atoms with Crippen molar-refractivity contribution in [2.45, 2.75) is 77.7 Å². The van der Waals surface area contributed by atoms with E-state index in [1.165, 1.54) is 11.5 Å². The fraction of sp³-hybridized carbons (Fsp3) is 0.576. The first kappa shape index (κ1) is 32.9. The van der Waals surface area contributed by atoms with E-state index in [1.807, 2.05) is 39.1 Å². The SMILES string of the molecule is CO[C@@H](C)c1ncc([C@H]2CCN3CCOC[C@@H]3C2)cc1-c1c(CC(C)(C)COC(C)=O)c2cc(Br)ccc2n1CC(F)(F)F. The number of carbonyl (C=O) groups is 1. The third-order valence-electron chi connectivity index (χ3n) is 8.86. The van der Waals surface area contributed by atoms with Gasteiger partial charge in [-0.15, -0.1) is 0 Å². The monoisotopic (exact) mass is 679 g/mol. The Morgan fingerprint density at radius 2 is 2.00 bits per heavy atom. The summed E-state index contributed by atoms with van der Waals surface area (Å²) in [5.74, 6) is -0.197. The molecule has 3 atom stereocenters. The largest absolute Gasteiger partial charge is 0.465 e. The van der Waals surface area contributed by atoms with E-state index in [0.717, 1.165) is 48.1 Å². The van der Waals surface area contributed by atoms with Gasteiger partial charge in [0.15, 0.2) is 0 Å². The zero-order chi connectivity index (χ0) is 31.8. The van der Waals surface area contributed by atoms with E-state index in [0.29, 0.717) is 46.9 Å². The molecule has 0 amide bonds. The molecule has 2 aliphatic rings. The number of hydrogen-bond donors (Lipinski definition) is 0. The number of halogens is 4. The number of ether oxygens (including phenoxy) is 3. The van der Waals surface area contributed by atoms with E-state index >= 15 is 0 Å². The first-order chi connectivity index (χ1) is 20.8. The number of carbonyl (C=O) groups excluding carboxylic acids is 1. The molecule has 2 fully saturated rings. The molecule has 1 aromatic carbocycles. The first-order valence-electron chi connectivity index (χ1n) is 15.1. The fourth-order valence-electron chi connectivity index (χ4n) is 6.66. The summed E-state index contributed by atoms with van der Waals surface area (Å²) in [6.45, 7) is 9.40. The predicted molar refractivity (Wildman–Crippen MR) is 167 cm³/mol. The van der Waals surface area contributed by atoms with Gasteiger partial charge in [-0.25, -0.2) is 0 Å². The number of rotatable bonds is 9. The van der Waals surface area contributed by atoms with Gasteiger partial charge in [0.1, 0.15) is 6.54 Å². The molecule has 2 aliphatic heterocycles. The van der Waals surface area contributed by atoms with Crippen molar-refractivity contribution in [2.75, 3.05) is 40.0 Å². The highest BCUT2D eigenvalue weighted by Crippen LogP contribution is 2.44. The number of piperidine rings is 1. The average molecular weight is 681 g/mol. The maximum absolute atomic E-state index is 14.3. The summed E-state index contributed by atoms with van der Waals surface area (Å²) in [6, 6.07) is 7.72. The minimum Gasteiger partial charge on any atom is -0.465 e. The van der Waals surface area contributed by atoms with Gasteiger partial charge in [0.05, 0.1) is 37.3 Å². The van der Waals surface area contributed by atoms with E-state index in [4.69, 9.17) is 19.2 Å². The minimum absolute atomic E-state index is 0.128. The van der Waals surface area contributed by atoms with Gasteiger partial charge in [0, 0.05) is 59.2 Å². The molecule has 11 heteroatoms. The van der Waals surface area contributed by atoms with Crippen LogP contribution in [0.5, 0.6) is 0 Å². The van der Waals surface area contributed by atoms with E-state index in [2.05, 4.69) is 20.8 Å². The second kappa shape index (κ2) is 13.1. The normalized spacial score (nSPS) is 20.5. The van der Waals surface area contributed by atoms with Crippen LogP contribution < -0.4 is 0 Å². The molecular formula is C33H41BrF3N3O4. The maximum Gasteiger partial charge on any atom is 0.406 e. The predicted octanol–water partition coefficient (Wildman–Crippen LogP) is 7.45. The summed E-state index contributed by atoms with van der Waals surface area (Å²) in [6.07, 6.45) is -0.839. The third-order valence-corrected chi connectivity index (χ3v) is 9.36. The van der Waals surface area contributed by atoms with Crippen LogP contribution in [0, 0.1) is 5.41 Å². The second-order valence-corrected chi connectivity index (χ2v) is 13.8. The van der Waals surface area contributed by atoms with Crippen molar-refractivity contribution in [2.24, 2.45) is 5.41 Å². The van der Waals surface area contributed by atoms with Crippen LogP contribution in [-0.2, 0) is 32.0 Å². The topological polar surface area (TPSA) is 65.8 Å². The van der Waals surface area contributed by atoms with Gasteiger partial charge in [-0.2, -0.15) is 13.2 Å². The van der Waals surface area contributed by atoms with Crippen LogP contribution in [0.15, 0.2) is 34.9 Å². The Kier molecular flexibility index (Phi) is 9.80. The van der Waals surface area contributed by atoms with Crippen molar-refractivity contribution >= 4 is 32.8 Å². The molecule has 0 aliphatic carbocycles. The number of benzene rings is 1. The van der Waals surface area contributed by atoms with Gasteiger partial charge >= 0.3 is 12.1 Å². The van der Waals surface area contributed by atoms with Gasteiger partial charge in [-0.05, 0) is 74.0 Å². The van der Waals surface area contributed by atoms with Gasteiger partial charge in [0.2, 0.25) is 0 Å². The Bertz CT molecular complexity index is 1510. The Hall–Kier alpha value is -2.47. The zero-order valence-electron chi connectivity index (χ0n) is 26.0. The number of hydrogen-bond acceptors (Lipinski definition) is 6. The Morgan fingerprint density at radius 1 is 1.23 bits per heavy atom. The summed E-state index contributed by atoms with van der Waals surface area (Å²) >= 11 is 3.54. The third kappa shape index (κ3) is 7.32. The van der Waals surface area contributed by atoms with Crippen LogP contribution in [0.1, 0.15) is 69.4 Å². The van der Waals surface area contributed by atoms with Crippen molar-refractivity contribution in [1.82, 2.24) is 14.5 Å². The molecular weight excluding hydrogens is 639 g/mol. The molecule has 0 N–H and O–H groups in total. The number of aromatic nitrogens is 2. The number of nitrogens with zero attached hydrogens (tertiary/aromatic N) is 3. The lowest BCUT2D eigenvalue weighted by molar-refractivity contribution is -0.144. The summed E-state index contributed by atoms with van der Waals surface area (Å²) in [4.78, 5) is 19.0. The summed E-state index contributed by atoms with van der Waals surface area (Å²) < 4.78 is 61.9. The first-order valence-corrected chi connectivity index (χ1v) is 15.9. The number of pyridine rings is 1. The van der Waals surface area contributed by atoms with Gasteiger partial charge < -0.3 is 18.8 Å². The van der Waals surface area contributed by atoms with Crippen LogP contribution in [0.25, 0.3) is 22.2 Å².